The van der Waals surface area contributed by atoms with E-state index in [4.69, 9.17) is 14.2 Å². The lowest BCUT2D eigenvalue weighted by atomic mass is 10.1. The molecule has 0 fully saturated rings. The Labute approximate surface area is 467 Å². The van der Waals surface area contributed by atoms with E-state index in [2.05, 4.69) is 179 Å². The third kappa shape index (κ3) is 59.9. The van der Waals surface area contributed by atoms with Crippen molar-refractivity contribution < 1.29 is 28.6 Å². The first-order valence-corrected chi connectivity index (χ1v) is 30.5. The predicted octanol–water partition coefficient (Wildman–Crippen LogP) is 20.9. The molecule has 1 atom stereocenters. The van der Waals surface area contributed by atoms with Crippen LogP contribution in [0.15, 0.2) is 158 Å². The van der Waals surface area contributed by atoms with Crippen LogP contribution in [0.1, 0.15) is 245 Å². The highest BCUT2D eigenvalue weighted by Crippen LogP contribution is 2.13. The number of allylic oxidation sites excluding steroid dienone is 26. The summed E-state index contributed by atoms with van der Waals surface area (Å²) in [7, 11) is 0. The molecule has 0 saturated carbocycles. The van der Waals surface area contributed by atoms with Crippen molar-refractivity contribution in [2.45, 2.75) is 252 Å². The normalized spacial score (nSPS) is 13.2. The standard InChI is InChI=1S/C70H110O6/c1-4-7-10-13-16-19-22-24-26-28-30-32-34-35-37-38-40-42-44-46-48-51-54-57-60-63-69(72)75-66-67(65-74-68(71)62-59-56-53-50-21-18-15-12-9-6-3)76-70(73)64-61-58-55-52-49-47-45-43-41-39-36-33-31-29-27-25-23-20-17-14-11-8-5-2/h7-8,10-12,15-17,19-20,24-27,30-33,35,37,39-42,45,47,67H,4-6,9,13-14,18,21-23,28-29,34,36,38,43-44,46,48-66H2,1-3H3/b10-7-,11-8-,15-12-,19-16-,20-17-,26-24-,27-25-,32-30-,33-31-,37-35-,41-39-,42-40-,47-45-. The Morgan fingerprint density at radius 3 is 0.816 bits per heavy atom. The van der Waals surface area contributed by atoms with Gasteiger partial charge in [0, 0.05) is 19.3 Å². The zero-order valence-electron chi connectivity index (χ0n) is 48.7. The molecule has 76 heavy (non-hydrogen) atoms. The lowest BCUT2D eigenvalue weighted by molar-refractivity contribution is -0.167. The van der Waals surface area contributed by atoms with Crippen LogP contribution in [0.5, 0.6) is 0 Å². The van der Waals surface area contributed by atoms with Gasteiger partial charge >= 0.3 is 17.9 Å². The molecule has 0 heterocycles. The van der Waals surface area contributed by atoms with Gasteiger partial charge in [0.05, 0.1) is 0 Å². The molecule has 6 heteroatoms. The SMILES string of the molecule is CC/C=C\C/C=C\C/C=C\C/C=C\C/C=C\C/C=C\CCCCCCCCC(=O)OCC(COC(=O)CCCCCCC/C=C\CCC)OC(=O)CCCCCC/C=C\C/C=C\C/C=C\C/C=C\C/C=C\C/C=C\CC. The summed E-state index contributed by atoms with van der Waals surface area (Å²) >= 11 is 0. The maximum atomic E-state index is 12.9. The fraction of sp³-hybridized carbons (Fsp3) is 0.586. The van der Waals surface area contributed by atoms with Gasteiger partial charge in [-0.3, -0.25) is 14.4 Å². The van der Waals surface area contributed by atoms with Crippen LogP contribution in [-0.4, -0.2) is 37.2 Å². The van der Waals surface area contributed by atoms with E-state index in [-0.39, 0.29) is 37.5 Å². The van der Waals surface area contributed by atoms with Gasteiger partial charge < -0.3 is 14.2 Å². The van der Waals surface area contributed by atoms with Gasteiger partial charge in [-0.15, -0.1) is 0 Å². The van der Waals surface area contributed by atoms with Crippen molar-refractivity contribution >= 4 is 17.9 Å². The van der Waals surface area contributed by atoms with Crippen molar-refractivity contribution in [2.24, 2.45) is 0 Å². The molecule has 0 saturated heterocycles. The van der Waals surface area contributed by atoms with Gasteiger partial charge in [-0.25, -0.2) is 0 Å². The first kappa shape index (κ1) is 71.0. The lowest BCUT2D eigenvalue weighted by Crippen LogP contribution is -2.30. The van der Waals surface area contributed by atoms with Crippen molar-refractivity contribution in [1.82, 2.24) is 0 Å². The number of rotatable bonds is 53. The highest BCUT2D eigenvalue weighted by molar-refractivity contribution is 5.71. The Morgan fingerprint density at radius 2 is 0.513 bits per heavy atom. The summed E-state index contributed by atoms with van der Waals surface area (Å²) in [5.41, 5.74) is 0. The van der Waals surface area contributed by atoms with Gasteiger partial charge in [0.15, 0.2) is 6.10 Å². The molecule has 0 aromatic heterocycles. The van der Waals surface area contributed by atoms with Gasteiger partial charge in [0.1, 0.15) is 13.2 Å². The molecular formula is C70H110O6. The molecule has 426 valence electrons. The Hall–Kier alpha value is -4.97. The summed E-state index contributed by atoms with van der Waals surface area (Å²) in [5.74, 6) is -0.962. The molecule has 0 aromatic carbocycles. The minimum absolute atomic E-state index is 0.105. The molecule has 0 aliphatic heterocycles. The molecule has 0 aliphatic rings. The molecular weight excluding hydrogens is 937 g/mol. The van der Waals surface area contributed by atoms with E-state index in [1.807, 2.05) is 0 Å². The predicted molar refractivity (Wildman–Crippen MR) is 329 cm³/mol. The molecule has 0 rings (SSSR count). The van der Waals surface area contributed by atoms with Crippen molar-refractivity contribution in [2.75, 3.05) is 13.2 Å². The summed E-state index contributed by atoms with van der Waals surface area (Å²) in [5, 5.41) is 0. The van der Waals surface area contributed by atoms with E-state index >= 15 is 0 Å². The minimum Gasteiger partial charge on any atom is -0.462 e. The van der Waals surface area contributed by atoms with E-state index in [0.717, 1.165) is 180 Å². The second kappa shape index (κ2) is 62.6. The number of esters is 3. The largest absolute Gasteiger partial charge is 0.462 e. The van der Waals surface area contributed by atoms with E-state index in [9.17, 15) is 14.4 Å². The van der Waals surface area contributed by atoms with Crippen molar-refractivity contribution in [3.8, 4) is 0 Å². The summed E-state index contributed by atoms with van der Waals surface area (Å²) < 4.78 is 16.8. The second-order valence-electron chi connectivity index (χ2n) is 19.5. The Bertz CT molecular complexity index is 1720. The smallest absolute Gasteiger partial charge is 0.306 e. The van der Waals surface area contributed by atoms with Crippen LogP contribution in [0.25, 0.3) is 0 Å². The van der Waals surface area contributed by atoms with Gasteiger partial charge in [0.25, 0.3) is 0 Å². The van der Waals surface area contributed by atoms with E-state index in [0.29, 0.717) is 12.8 Å². The topological polar surface area (TPSA) is 78.9 Å². The van der Waals surface area contributed by atoms with Gasteiger partial charge in [0.2, 0.25) is 0 Å². The van der Waals surface area contributed by atoms with Crippen LogP contribution in [0.4, 0.5) is 0 Å². The molecule has 0 aliphatic carbocycles. The van der Waals surface area contributed by atoms with Crippen LogP contribution in [0.3, 0.4) is 0 Å². The second-order valence-corrected chi connectivity index (χ2v) is 19.5. The quantitative estimate of drug-likeness (QED) is 0.0261. The zero-order valence-corrected chi connectivity index (χ0v) is 48.7. The number of carbonyl (C=O) groups is 3. The van der Waals surface area contributed by atoms with E-state index in [1.54, 1.807) is 0 Å². The van der Waals surface area contributed by atoms with Crippen LogP contribution < -0.4 is 0 Å². The van der Waals surface area contributed by atoms with Gasteiger partial charge in [-0.05, 0) is 141 Å². The molecule has 0 spiro atoms. The number of ether oxygens (including phenoxy) is 3. The first-order chi connectivity index (χ1) is 37.5. The lowest BCUT2D eigenvalue weighted by Gasteiger charge is -2.18. The summed E-state index contributed by atoms with van der Waals surface area (Å²) in [6.45, 7) is 6.30. The number of unbranched alkanes of at least 4 members (excludes halogenated alkanes) is 16. The molecule has 0 amide bonds. The highest BCUT2D eigenvalue weighted by Gasteiger charge is 2.19. The maximum absolute atomic E-state index is 12.9. The number of carbonyl (C=O) groups excluding carboxylic acids is 3. The molecule has 0 radical (unpaired) electrons. The Balaban J connectivity index is 4.41. The van der Waals surface area contributed by atoms with Crippen LogP contribution in [-0.2, 0) is 28.6 Å². The average molecular weight is 1050 g/mol. The highest BCUT2D eigenvalue weighted by atomic mass is 16.6. The van der Waals surface area contributed by atoms with E-state index < -0.39 is 6.10 Å². The van der Waals surface area contributed by atoms with Crippen LogP contribution in [0.2, 0.25) is 0 Å². The first-order valence-electron chi connectivity index (χ1n) is 30.5. The molecule has 1 unspecified atom stereocenters. The molecule has 6 nitrogen and oxygen atoms in total. The maximum Gasteiger partial charge on any atom is 0.306 e. The van der Waals surface area contributed by atoms with Crippen molar-refractivity contribution in [3.63, 3.8) is 0 Å². The summed E-state index contributed by atoms with van der Waals surface area (Å²) in [6, 6.07) is 0. The third-order valence-electron chi connectivity index (χ3n) is 12.2. The average Bonchev–Trinajstić information content (AvgIpc) is 3.42. The van der Waals surface area contributed by atoms with E-state index in [1.165, 1.54) is 25.7 Å². The minimum atomic E-state index is -0.810. The van der Waals surface area contributed by atoms with Crippen LogP contribution in [0, 0.1) is 0 Å². The Kier molecular flexibility index (Phi) is 58.5. The summed E-state index contributed by atoms with van der Waals surface area (Å²) in [4.78, 5) is 38.2. The molecule has 0 bridgehead atoms. The van der Waals surface area contributed by atoms with Crippen molar-refractivity contribution in [3.05, 3.63) is 158 Å². The molecule has 0 aromatic rings. The fourth-order valence-electron chi connectivity index (χ4n) is 7.74. The number of hydrogen-bond donors (Lipinski definition) is 0. The molecule has 0 N–H and O–H groups in total. The van der Waals surface area contributed by atoms with Gasteiger partial charge in [-0.1, -0.05) is 243 Å². The summed E-state index contributed by atoms with van der Waals surface area (Å²) in [6.07, 6.45) is 91.0. The van der Waals surface area contributed by atoms with Crippen LogP contribution >= 0.6 is 0 Å². The van der Waals surface area contributed by atoms with Gasteiger partial charge in [-0.2, -0.15) is 0 Å². The monoisotopic (exact) mass is 1050 g/mol. The fourth-order valence-corrected chi connectivity index (χ4v) is 7.74. The Morgan fingerprint density at radius 1 is 0.276 bits per heavy atom. The number of hydrogen-bond acceptors (Lipinski definition) is 6. The zero-order chi connectivity index (χ0) is 55.0. The third-order valence-corrected chi connectivity index (χ3v) is 12.2. The van der Waals surface area contributed by atoms with Crippen molar-refractivity contribution in [1.29, 1.82) is 0 Å².